The zero-order chi connectivity index (χ0) is 8.27. The van der Waals surface area contributed by atoms with Crippen LogP contribution in [0.5, 0.6) is 0 Å². The molecule has 0 fully saturated rings. The predicted octanol–water partition coefficient (Wildman–Crippen LogP) is 1.30. The summed E-state index contributed by atoms with van der Waals surface area (Å²) in [7, 11) is 0. The summed E-state index contributed by atoms with van der Waals surface area (Å²) in [6.07, 6.45) is 2.61. The minimum absolute atomic E-state index is 0.402. The van der Waals surface area contributed by atoms with Crippen molar-refractivity contribution in [1.29, 1.82) is 0 Å². The van der Waals surface area contributed by atoms with E-state index >= 15 is 0 Å². The predicted molar refractivity (Wildman–Crippen MR) is 43.4 cm³/mol. The number of rotatable bonds is 3. The Morgan fingerprint density at radius 1 is 1.64 bits per heavy atom. The molecule has 0 radical (unpaired) electrons. The van der Waals surface area contributed by atoms with Gasteiger partial charge in [0.15, 0.2) is 0 Å². The Hall–Kier alpha value is -0.830. The maximum atomic E-state index is 5.42. The van der Waals surface area contributed by atoms with Crippen LogP contribution < -0.4 is 5.73 Å². The standard InChI is InChI=1S/C8H14N2O/c1-6(2)8-7(3-4-9)5-10-11-8/h5-6H,3-4,9H2,1-2H3. The van der Waals surface area contributed by atoms with E-state index in [-0.39, 0.29) is 0 Å². The first-order chi connectivity index (χ1) is 5.25. The number of hydrogen-bond acceptors (Lipinski definition) is 3. The lowest BCUT2D eigenvalue weighted by Gasteiger charge is -2.00. The molecule has 11 heavy (non-hydrogen) atoms. The van der Waals surface area contributed by atoms with Crippen LogP contribution in [0.15, 0.2) is 10.7 Å². The Morgan fingerprint density at radius 3 is 2.91 bits per heavy atom. The van der Waals surface area contributed by atoms with E-state index in [1.54, 1.807) is 6.20 Å². The van der Waals surface area contributed by atoms with Crippen molar-refractivity contribution in [1.82, 2.24) is 5.16 Å². The molecule has 0 saturated heterocycles. The van der Waals surface area contributed by atoms with E-state index in [4.69, 9.17) is 10.3 Å². The molecule has 0 saturated carbocycles. The molecule has 0 aliphatic carbocycles. The Kier molecular flexibility index (Phi) is 2.65. The van der Waals surface area contributed by atoms with Gasteiger partial charge < -0.3 is 10.3 Å². The minimum Gasteiger partial charge on any atom is -0.361 e. The normalized spacial score (nSPS) is 10.9. The monoisotopic (exact) mass is 154 g/mol. The molecule has 0 atom stereocenters. The van der Waals surface area contributed by atoms with Crippen molar-refractivity contribution in [3.05, 3.63) is 17.5 Å². The molecule has 2 N–H and O–H groups in total. The zero-order valence-corrected chi connectivity index (χ0v) is 7.00. The summed E-state index contributed by atoms with van der Waals surface area (Å²) in [5.41, 5.74) is 6.56. The highest BCUT2D eigenvalue weighted by atomic mass is 16.5. The van der Waals surface area contributed by atoms with E-state index in [0.29, 0.717) is 12.5 Å². The summed E-state index contributed by atoms with van der Waals surface area (Å²) < 4.78 is 5.07. The van der Waals surface area contributed by atoms with E-state index in [1.165, 1.54) is 0 Å². The van der Waals surface area contributed by atoms with E-state index < -0.39 is 0 Å². The van der Waals surface area contributed by atoms with Gasteiger partial charge in [-0.05, 0) is 13.0 Å². The lowest BCUT2D eigenvalue weighted by molar-refractivity contribution is 0.369. The zero-order valence-electron chi connectivity index (χ0n) is 7.00. The average molecular weight is 154 g/mol. The molecular formula is C8H14N2O. The van der Waals surface area contributed by atoms with Crippen LogP contribution in [0.2, 0.25) is 0 Å². The third-order valence-corrected chi connectivity index (χ3v) is 1.61. The molecule has 0 bridgehead atoms. The molecule has 3 nitrogen and oxygen atoms in total. The van der Waals surface area contributed by atoms with Gasteiger partial charge in [-0.15, -0.1) is 0 Å². The van der Waals surface area contributed by atoms with Crippen molar-refractivity contribution < 1.29 is 4.52 Å². The first-order valence-electron chi connectivity index (χ1n) is 3.89. The van der Waals surface area contributed by atoms with Gasteiger partial charge in [0.25, 0.3) is 0 Å². The fourth-order valence-corrected chi connectivity index (χ4v) is 1.09. The van der Waals surface area contributed by atoms with Gasteiger partial charge in [0.05, 0.1) is 6.20 Å². The highest BCUT2D eigenvalue weighted by Crippen LogP contribution is 2.18. The third kappa shape index (κ3) is 1.80. The lowest BCUT2D eigenvalue weighted by Crippen LogP contribution is -2.04. The maximum absolute atomic E-state index is 5.42. The second kappa shape index (κ2) is 3.53. The van der Waals surface area contributed by atoms with Gasteiger partial charge in [0.2, 0.25) is 0 Å². The molecule has 0 amide bonds. The maximum Gasteiger partial charge on any atom is 0.142 e. The molecule has 0 aromatic carbocycles. The third-order valence-electron chi connectivity index (χ3n) is 1.61. The van der Waals surface area contributed by atoms with Crippen molar-refractivity contribution in [3.8, 4) is 0 Å². The smallest absolute Gasteiger partial charge is 0.142 e. The van der Waals surface area contributed by atoms with E-state index in [0.717, 1.165) is 17.7 Å². The van der Waals surface area contributed by atoms with Gasteiger partial charge in [-0.3, -0.25) is 0 Å². The van der Waals surface area contributed by atoms with Crippen LogP contribution in [0.4, 0.5) is 0 Å². The van der Waals surface area contributed by atoms with Gasteiger partial charge >= 0.3 is 0 Å². The summed E-state index contributed by atoms with van der Waals surface area (Å²) in [5, 5.41) is 3.73. The van der Waals surface area contributed by atoms with Crippen molar-refractivity contribution in [2.75, 3.05) is 6.54 Å². The van der Waals surface area contributed by atoms with E-state index in [9.17, 15) is 0 Å². The second-order valence-electron chi connectivity index (χ2n) is 2.91. The SMILES string of the molecule is CC(C)c1oncc1CCN. The highest BCUT2D eigenvalue weighted by molar-refractivity contribution is 5.16. The Morgan fingerprint density at radius 2 is 2.36 bits per heavy atom. The molecule has 0 aliphatic rings. The van der Waals surface area contributed by atoms with Crippen LogP contribution >= 0.6 is 0 Å². The highest BCUT2D eigenvalue weighted by Gasteiger charge is 2.10. The van der Waals surface area contributed by atoms with Crippen LogP contribution in [-0.2, 0) is 6.42 Å². The summed E-state index contributed by atoms with van der Waals surface area (Å²) in [5.74, 6) is 1.37. The summed E-state index contributed by atoms with van der Waals surface area (Å²) in [4.78, 5) is 0. The van der Waals surface area contributed by atoms with Crippen molar-refractivity contribution in [3.63, 3.8) is 0 Å². The number of aromatic nitrogens is 1. The fourth-order valence-electron chi connectivity index (χ4n) is 1.09. The largest absolute Gasteiger partial charge is 0.361 e. The van der Waals surface area contributed by atoms with Gasteiger partial charge in [0.1, 0.15) is 5.76 Å². The van der Waals surface area contributed by atoms with Crippen molar-refractivity contribution in [2.24, 2.45) is 5.73 Å². The Bertz CT molecular complexity index is 218. The quantitative estimate of drug-likeness (QED) is 0.714. The second-order valence-corrected chi connectivity index (χ2v) is 2.91. The average Bonchev–Trinajstić information content (AvgIpc) is 2.36. The molecule has 1 heterocycles. The minimum atomic E-state index is 0.402. The summed E-state index contributed by atoms with van der Waals surface area (Å²) in [6, 6.07) is 0. The van der Waals surface area contributed by atoms with Gasteiger partial charge in [-0.2, -0.15) is 0 Å². The Balaban J connectivity index is 2.78. The molecular weight excluding hydrogens is 140 g/mol. The molecule has 1 aromatic heterocycles. The first kappa shape index (κ1) is 8.27. The van der Waals surface area contributed by atoms with Crippen molar-refractivity contribution >= 4 is 0 Å². The summed E-state index contributed by atoms with van der Waals surface area (Å²) in [6.45, 7) is 4.82. The van der Waals surface area contributed by atoms with E-state index in [2.05, 4.69) is 19.0 Å². The Labute approximate surface area is 66.6 Å². The fraction of sp³-hybridized carbons (Fsp3) is 0.625. The van der Waals surface area contributed by atoms with Crippen LogP contribution in [0.1, 0.15) is 31.1 Å². The van der Waals surface area contributed by atoms with Crippen LogP contribution in [0.3, 0.4) is 0 Å². The molecule has 62 valence electrons. The molecule has 1 aromatic rings. The lowest BCUT2D eigenvalue weighted by atomic mass is 10.1. The molecule has 1 rings (SSSR count). The topological polar surface area (TPSA) is 52.0 Å². The number of hydrogen-bond donors (Lipinski definition) is 1. The number of nitrogens with two attached hydrogens (primary N) is 1. The van der Waals surface area contributed by atoms with Gasteiger partial charge in [0, 0.05) is 11.5 Å². The molecule has 0 unspecified atom stereocenters. The first-order valence-corrected chi connectivity index (χ1v) is 3.89. The van der Waals surface area contributed by atoms with Crippen LogP contribution in [0, 0.1) is 0 Å². The molecule has 0 spiro atoms. The number of nitrogens with zero attached hydrogens (tertiary/aromatic N) is 1. The van der Waals surface area contributed by atoms with E-state index in [1.807, 2.05) is 0 Å². The molecule has 3 heteroatoms. The van der Waals surface area contributed by atoms with Gasteiger partial charge in [-0.25, -0.2) is 0 Å². The molecule has 0 aliphatic heterocycles. The van der Waals surface area contributed by atoms with Crippen LogP contribution in [-0.4, -0.2) is 11.7 Å². The summed E-state index contributed by atoms with van der Waals surface area (Å²) >= 11 is 0. The van der Waals surface area contributed by atoms with Crippen LogP contribution in [0.25, 0.3) is 0 Å². The van der Waals surface area contributed by atoms with Gasteiger partial charge in [-0.1, -0.05) is 19.0 Å². The van der Waals surface area contributed by atoms with Crippen molar-refractivity contribution in [2.45, 2.75) is 26.2 Å².